The Balaban J connectivity index is 0.000000252. The molecule has 13 heavy (non-hydrogen) atoms. The Morgan fingerprint density at radius 3 is 1.77 bits per heavy atom. The van der Waals surface area contributed by atoms with Crippen molar-refractivity contribution < 1.29 is 9.90 Å². The molecule has 1 aromatic carbocycles. The van der Waals surface area contributed by atoms with Gasteiger partial charge in [-0.2, -0.15) is 0 Å². The van der Waals surface area contributed by atoms with E-state index in [1.54, 1.807) is 12.1 Å². The van der Waals surface area contributed by atoms with Crippen molar-refractivity contribution in [3.8, 4) is 0 Å². The van der Waals surface area contributed by atoms with Crippen LogP contribution in [-0.4, -0.2) is 18.2 Å². The van der Waals surface area contributed by atoms with Gasteiger partial charge in [-0.15, -0.1) is 0 Å². The van der Waals surface area contributed by atoms with Gasteiger partial charge in [0, 0.05) is 7.05 Å². The van der Waals surface area contributed by atoms with E-state index in [4.69, 9.17) is 16.6 Å². The maximum absolute atomic E-state index is 9.26. The summed E-state index contributed by atoms with van der Waals surface area (Å²) in [7, 11) is 1.35. The SMILES string of the molecule is CNC(=O)O.Nc1ccccc1N. The molecule has 1 amide bonds. The molecule has 0 aliphatic heterocycles. The lowest BCUT2D eigenvalue weighted by Gasteiger charge is -1.94. The van der Waals surface area contributed by atoms with Gasteiger partial charge in [-0.05, 0) is 12.1 Å². The molecule has 0 unspecified atom stereocenters. The molecule has 0 saturated heterocycles. The first-order valence-electron chi connectivity index (χ1n) is 3.58. The van der Waals surface area contributed by atoms with Crippen LogP contribution in [-0.2, 0) is 0 Å². The highest BCUT2D eigenvalue weighted by molar-refractivity contribution is 5.63. The largest absolute Gasteiger partial charge is 0.465 e. The molecule has 0 bridgehead atoms. The second kappa shape index (κ2) is 5.70. The minimum Gasteiger partial charge on any atom is -0.465 e. The summed E-state index contributed by atoms with van der Waals surface area (Å²) in [6.45, 7) is 0. The molecule has 0 aromatic heterocycles. The van der Waals surface area contributed by atoms with Crippen LogP contribution in [0.15, 0.2) is 24.3 Å². The second-order valence-electron chi connectivity index (χ2n) is 2.18. The Morgan fingerprint density at radius 2 is 1.62 bits per heavy atom. The van der Waals surface area contributed by atoms with Crippen LogP contribution < -0.4 is 16.8 Å². The van der Waals surface area contributed by atoms with Gasteiger partial charge >= 0.3 is 6.09 Å². The molecule has 0 fully saturated rings. The van der Waals surface area contributed by atoms with Crippen LogP contribution in [0.1, 0.15) is 0 Å². The zero-order valence-electron chi connectivity index (χ0n) is 7.32. The predicted octanol–water partition coefficient (Wildman–Crippen LogP) is 0.735. The molecular weight excluding hydrogens is 170 g/mol. The third-order valence-corrected chi connectivity index (χ3v) is 1.21. The summed E-state index contributed by atoms with van der Waals surface area (Å²) in [4.78, 5) is 9.26. The average Bonchev–Trinajstić information content (AvgIpc) is 2.11. The summed E-state index contributed by atoms with van der Waals surface area (Å²) in [5, 5.41) is 9.56. The van der Waals surface area contributed by atoms with Crippen molar-refractivity contribution in [1.82, 2.24) is 5.32 Å². The summed E-state index contributed by atoms with van der Waals surface area (Å²) in [6, 6.07) is 7.25. The smallest absolute Gasteiger partial charge is 0.404 e. The highest BCUT2D eigenvalue weighted by Gasteiger charge is 1.85. The van der Waals surface area contributed by atoms with E-state index in [9.17, 15) is 4.79 Å². The Bertz CT molecular complexity index is 255. The van der Waals surface area contributed by atoms with Crippen LogP contribution in [0.25, 0.3) is 0 Å². The number of hydrogen-bond donors (Lipinski definition) is 4. The summed E-state index contributed by atoms with van der Waals surface area (Å²) in [5.74, 6) is 0. The molecule has 0 saturated carbocycles. The molecule has 0 spiro atoms. The van der Waals surface area contributed by atoms with Gasteiger partial charge in [0.1, 0.15) is 0 Å². The molecule has 1 aromatic rings. The number of nitrogens with one attached hydrogen (secondary N) is 1. The third-order valence-electron chi connectivity index (χ3n) is 1.21. The number of nitrogens with two attached hydrogens (primary N) is 2. The van der Waals surface area contributed by atoms with Crippen LogP contribution >= 0.6 is 0 Å². The minimum atomic E-state index is -0.995. The molecule has 0 aliphatic rings. The standard InChI is InChI=1S/C6H8N2.C2H5NO2/c7-5-3-1-2-4-6(5)8;1-3-2(4)5/h1-4H,7-8H2;3H,1H3,(H,4,5). The molecule has 0 heterocycles. The molecule has 6 N–H and O–H groups in total. The van der Waals surface area contributed by atoms with Crippen molar-refractivity contribution in [3.05, 3.63) is 24.3 Å². The van der Waals surface area contributed by atoms with Gasteiger partial charge in [0.05, 0.1) is 11.4 Å². The normalized spacial score (nSPS) is 8.08. The van der Waals surface area contributed by atoms with E-state index in [0.29, 0.717) is 11.4 Å². The molecule has 5 heteroatoms. The number of carbonyl (C=O) groups is 1. The van der Waals surface area contributed by atoms with Crippen LogP contribution in [0.2, 0.25) is 0 Å². The van der Waals surface area contributed by atoms with E-state index >= 15 is 0 Å². The summed E-state index contributed by atoms with van der Waals surface area (Å²) >= 11 is 0. The molecule has 0 aliphatic carbocycles. The fourth-order valence-corrected chi connectivity index (χ4v) is 0.511. The number of para-hydroxylation sites is 2. The van der Waals surface area contributed by atoms with E-state index in [0.717, 1.165) is 0 Å². The van der Waals surface area contributed by atoms with Crippen LogP contribution in [0.4, 0.5) is 16.2 Å². The van der Waals surface area contributed by atoms with Crippen molar-refractivity contribution in [2.24, 2.45) is 0 Å². The van der Waals surface area contributed by atoms with Gasteiger partial charge in [-0.25, -0.2) is 4.79 Å². The molecule has 0 radical (unpaired) electrons. The van der Waals surface area contributed by atoms with E-state index < -0.39 is 6.09 Å². The summed E-state index contributed by atoms with van der Waals surface area (Å²) in [5.41, 5.74) is 12.1. The topological polar surface area (TPSA) is 101 Å². The highest BCUT2D eigenvalue weighted by atomic mass is 16.4. The van der Waals surface area contributed by atoms with Gasteiger partial charge in [0.2, 0.25) is 0 Å². The van der Waals surface area contributed by atoms with Gasteiger partial charge < -0.3 is 21.9 Å². The number of rotatable bonds is 0. The lowest BCUT2D eigenvalue weighted by molar-refractivity contribution is 0.197. The maximum Gasteiger partial charge on any atom is 0.404 e. The van der Waals surface area contributed by atoms with Crippen LogP contribution in [0.5, 0.6) is 0 Å². The fourth-order valence-electron chi connectivity index (χ4n) is 0.511. The number of nitrogen functional groups attached to an aromatic ring is 2. The van der Waals surface area contributed by atoms with Crippen LogP contribution in [0.3, 0.4) is 0 Å². The lowest BCUT2D eigenvalue weighted by atomic mass is 10.3. The Kier molecular flexibility index (Phi) is 4.87. The van der Waals surface area contributed by atoms with E-state index in [-0.39, 0.29) is 0 Å². The summed E-state index contributed by atoms with van der Waals surface area (Å²) in [6.07, 6.45) is -0.995. The zero-order valence-corrected chi connectivity index (χ0v) is 7.32. The molecule has 5 nitrogen and oxygen atoms in total. The molecule has 72 valence electrons. The van der Waals surface area contributed by atoms with Gasteiger partial charge in [-0.1, -0.05) is 12.1 Å². The molecule has 0 atom stereocenters. The van der Waals surface area contributed by atoms with Crippen molar-refractivity contribution >= 4 is 17.5 Å². The Morgan fingerprint density at radius 1 is 1.31 bits per heavy atom. The Hall–Kier alpha value is -1.91. The molecule has 1 rings (SSSR count). The van der Waals surface area contributed by atoms with Crippen molar-refractivity contribution in [2.45, 2.75) is 0 Å². The van der Waals surface area contributed by atoms with Crippen molar-refractivity contribution in [2.75, 3.05) is 18.5 Å². The lowest BCUT2D eigenvalue weighted by Crippen LogP contribution is -2.13. The average molecular weight is 183 g/mol. The number of amides is 1. The number of anilines is 2. The monoisotopic (exact) mass is 183 g/mol. The van der Waals surface area contributed by atoms with Gasteiger partial charge in [-0.3, -0.25) is 0 Å². The van der Waals surface area contributed by atoms with Gasteiger partial charge in [0.25, 0.3) is 0 Å². The quantitative estimate of drug-likeness (QED) is 0.445. The first kappa shape index (κ1) is 11.1. The minimum absolute atomic E-state index is 0.646. The number of benzene rings is 1. The number of hydrogen-bond acceptors (Lipinski definition) is 3. The first-order chi connectivity index (χ1) is 6.07. The van der Waals surface area contributed by atoms with Crippen molar-refractivity contribution in [1.29, 1.82) is 0 Å². The maximum atomic E-state index is 9.26. The number of carboxylic acid groups (broad SMARTS) is 1. The Labute approximate surface area is 76.4 Å². The predicted molar refractivity (Wildman–Crippen MR) is 52.4 cm³/mol. The highest BCUT2D eigenvalue weighted by Crippen LogP contribution is 2.10. The third kappa shape index (κ3) is 5.37. The van der Waals surface area contributed by atoms with E-state index in [1.165, 1.54) is 7.05 Å². The van der Waals surface area contributed by atoms with E-state index in [2.05, 4.69) is 0 Å². The van der Waals surface area contributed by atoms with Crippen LogP contribution in [0, 0.1) is 0 Å². The van der Waals surface area contributed by atoms with Gasteiger partial charge in [0.15, 0.2) is 0 Å². The van der Waals surface area contributed by atoms with E-state index in [1.807, 2.05) is 17.4 Å². The van der Waals surface area contributed by atoms with Crippen molar-refractivity contribution in [3.63, 3.8) is 0 Å². The summed E-state index contributed by atoms with van der Waals surface area (Å²) < 4.78 is 0. The zero-order chi connectivity index (χ0) is 10.3. The molecular formula is C8H13N3O2. The second-order valence-corrected chi connectivity index (χ2v) is 2.18. The first-order valence-corrected chi connectivity index (χ1v) is 3.58. The fraction of sp³-hybridized carbons (Fsp3) is 0.125.